The zero-order chi connectivity index (χ0) is 22.1. The molecule has 32 heavy (non-hydrogen) atoms. The highest BCUT2D eigenvalue weighted by Crippen LogP contribution is 2.27. The molecule has 164 valence electrons. The molecular formula is C26H27FN4O. The number of benzene rings is 2. The van der Waals surface area contributed by atoms with Crippen molar-refractivity contribution in [2.45, 2.75) is 38.9 Å². The third kappa shape index (κ3) is 4.36. The largest absolute Gasteiger partial charge is 0.397 e. The Hall–Kier alpha value is -3.25. The Kier molecular flexibility index (Phi) is 5.62. The molecule has 2 aromatic carbocycles. The van der Waals surface area contributed by atoms with Gasteiger partial charge in [0.1, 0.15) is 5.82 Å². The molecule has 5 rings (SSSR count). The molecule has 2 aliphatic rings. The summed E-state index contributed by atoms with van der Waals surface area (Å²) in [5, 5.41) is 0. The number of hydrogen-bond donors (Lipinski definition) is 1. The molecule has 1 aromatic heterocycles. The minimum atomic E-state index is -0.295. The number of rotatable bonds is 5. The first kappa shape index (κ1) is 20.6. The first-order valence-corrected chi connectivity index (χ1v) is 11.2. The summed E-state index contributed by atoms with van der Waals surface area (Å²) < 4.78 is 13.2. The zero-order valence-corrected chi connectivity index (χ0v) is 18.1. The predicted octanol–water partition coefficient (Wildman–Crippen LogP) is 4.15. The van der Waals surface area contributed by atoms with Crippen LogP contribution in [-0.4, -0.2) is 33.8 Å². The van der Waals surface area contributed by atoms with Crippen LogP contribution < -0.4 is 5.73 Å². The Balaban J connectivity index is 1.27. The molecule has 1 amide bonds. The summed E-state index contributed by atoms with van der Waals surface area (Å²) in [5.74, 6) is -0.283. The van der Waals surface area contributed by atoms with Crippen molar-refractivity contribution in [1.82, 2.24) is 14.8 Å². The molecule has 6 heteroatoms. The maximum absolute atomic E-state index is 13.2. The quantitative estimate of drug-likeness (QED) is 0.661. The number of fused-ring (bicyclic) bond motifs is 1. The van der Waals surface area contributed by atoms with Crippen LogP contribution in [0.15, 0.2) is 54.6 Å². The second kappa shape index (κ2) is 8.71. The fraction of sp³-hybridized carbons (Fsp3) is 0.308. The standard InChI is InChI=1S/C26H27FN4O/c27-22-7-5-19(6-8-22)24-10-9-23(28)25(29-24)14-26(32)31-16-20-4-3-18(13-21(20)17-31)15-30-11-1-2-12-30/h3-10,13H,1-2,11-12,14-17,28H2. The normalized spacial score (nSPS) is 15.8. The van der Waals surface area contributed by atoms with Gasteiger partial charge in [0.2, 0.25) is 5.91 Å². The van der Waals surface area contributed by atoms with E-state index in [4.69, 9.17) is 5.73 Å². The van der Waals surface area contributed by atoms with Crippen molar-refractivity contribution in [3.05, 3.63) is 82.8 Å². The fourth-order valence-corrected chi connectivity index (χ4v) is 4.61. The van der Waals surface area contributed by atoms with Crippen molar-refractivity contribution >= 4 is 11.6 Å². The molecule has 0 radical (unpaired) electrons. The van der Waals surface area contributed by atoms with Crippen LogP contribution in [0, 0.1) is 5.82 Å². The van der Waals surface area contributed by atoms with Crippen LogP contribution in [0.4, 0.5) is 10.1 Å². The Bertz CT molecular complexity index is 1140. The van der Waals surface area contributed by atoms with Crippen molar-refractivity contribution in [3.63, 3.8) is 0 Å². The number of hydrogen-bond acceptors (Lipinski definition) is 4. The van der Waals surface area contributed by atoms with Gasteiger partial charge in [-0.25, -0.2) is 4.39 Å². The highest BCUT2D eigenvalue weighted by Gasteiger charge is 2.25. The number of amides is 1. The van der Waals surface area contributed by atoms with Gasteiger partial charge in [-0.15, -0.1) is 0 Å². The van der Waals surface area contributed by atoms with E-state index in [1.165, 1.54) is 54.8 Å². The monoisotopic (exact) mass is 430 g/mol. The van der Waals surface area contributed by atoms with Crippen LogP contribution >= 0.6 is 0 Å². The van der Waals surface area contributed by atoms with Crippen LogP contribution in [-0.2, 0) is 30.8 Å². The molecule has 5 nitrogen and oxygen atoms in total. The lowest BCUT2D eigenvalue weighted by Gasteiger charge is -2.16. The second-order valence-corrected chi connectivity index (χ2v) is 8.75. The van der Waals surface area contributed by atoms with Crippen molar-refractivity contribution in [3.8, 4) is 11.3 Å². The summed E-state index contributed by atoms with van der Waals surface area (Å²) in [5.41, 5.74) is 12.4. The molecule has 3 heterocycles. The number of nitrogens with two attached hydrogens (primary N) is 1. The van der Waals surface area contributed by atoms with E-state index < -0.39 is 0 Å². The van der Waals surface area contributed by atoms with Crippen LogP contribution in [0.3, 0.4) is 0 Å². The van der Waals surface area contributed by atoms with E-state index in [-0.39, 0.29) is 18.1 Å². The number of carbonyl (C=O) groups excluding carboxylic acids is 1. The molecule has 2 aliphatic heterocycles. The molecule has 0 atom stereocenters. The number of aromatic nitrogens is 1. The van der Waals surface area contributed by atoms with E-state index in [2.05, 4.69) is 28.1 Å². The molecule has 0 aliphatic carbocycles. The number of nitrogens with zero attached hydrogens (tertiary/aromatic N) is 3. The average Bonchev–Trinajstić information content (AvgIpc) is 3.45. The highest BCUT2D eigenvalue weighted by molar-refractivity contribution is 5.81. The maximum Gasteiger partial charge on any atom is 0.229 e. The van der Waals surface area contributed by atoms with Crippen molar-refractivity contribution in [2.24, 2.45) is 0 Å². The van der Waals surface area contributed by atoms with Crippen molar-refractivity contribution in [1.29, 1.82) is 0 Å². The van der Waals surface area contributed by atoms with E-state index >= 15 is 0 Å². The van der Waals surface area contributed by atoms with Gasteiger partial charge < -0.3 is 10.6 Å². The SMILES string of the molecule is Nc1ccc(-c2ccc(F)cc2)nc1CC(=O)N1Cc2ccc(CN3CCCC3)cc2C1. The smallest absolute Gasteiger partial charge is 0.229 e. The Labute approximate surface area is 187 Å². The lowest BCUT2D eigenvalue weighted by Crippen LogP contribution is -2.27. The highest BCUT2D eigenvalue weighted by atomic mass is 19.1. The van der Waals surface area contributed by atoms with Gasteiger partial charge in [-0.2, -0.15) is 0 Å². The first-order chi connectivity index (χ1) is 15.5. The summed E-state index contributed by atoms with van der Waals surface area (Å²) in [7, 11) is 0. The van der Waals surface area contributed by atoms with E-state index in [0.717, 1.165) is 12.1 Å². The minimum absolute atomic E-state index is 0.0118. The third-order valence-electron chi connectivity index (χ3n) is 6.42. The van der Waals surface area contributed by atoms with Gasteiger partial charge in [0.15, 0.2) is 0 Å². The summed E-state index contributed by atoms with van der Waals surface area (Å²) in [4.78, 5) is 22.0. The van der Waals surface area contributed by atoms with Crippen molar-refractivity contribution in [2.75, 3.05) is 18.8 Å². The van der Waals surface area contributed by atoms with Gasteiger partial charge >= 0.3 is 0 Å². The predicted molar refractivity (Wildman–Crippen MR) is 123 cm³/mol. The Morgan fingerprint density at radius 3 is 2.50 bits per heavy atom. The maximum atomic E-state index is 13.2. The molecule has 1 saturated heterocycles. The first-order valence-electron chi connectivity index (χ1n) is 11.2. The lowest BCUT2D eigenvalue weighted by molar-refractivity contribution is -0.131. The van der Waals surface area contributed by atoms with Gasteiger partial charge in [-0.1, -0.05) is 18.2 Å². The van der Waals surface area contributed by atoms with Gasteiger partial charge in [0, 0.05) is 25.2 Å². The molecular weight excluding hydrogens is 403 g/mol. The Morgan fingerprint density at radius 2 is 1.72 bits per heavy atom. The average molecular weight is 431 g/mol. The molecule has 0 spiro atoms. The molecule has 0 bridgehead atoms. The van der Waals surface area contributed by atoms with E-state index in [1.54, 1.807) is 24.3 Å². The summed E-state index contributed by atoms with van der Waals surface area (Å²) in [6.07, 6.45) is 2.72. The molecule has 0 saturated carbocycles. The van der Waals surface area contributed by atoms with Crippen LogP contribution in [0.25, 0.3) is 11.3 Å². The molecule has 2 N–H and O–H groups in total. The molecule has 1 fully saturated rings. The molecule has 3 aromatic rings. The molecule has 0 unspecified atom stereocenters. The second-order valence-electron chi connectivity index (χ2n) is 8.75. The van der Waals surface area contributed by atoms with E-state index in [9.17, 15) is 9.18 Å². The van der Waals surface area contributed by atoms with E-state index in [1.807, 2.05) is 4.90 Å². The third-order valence-corrected chi connectivity index (χ3v) is 6.42. The van der Waals surface area contributed by atoms with Gasteiger partial charge in [-0.3, -0.25) is 14.7 Å². The Morgan fingerprint density at radius 1 is 0.969 bits per heavy atom. The van der Waals surface area contributed by atoms with Crippen LogP contribution in [0.2, 0.25) is 0 Å². The van der Waals surface area contributed by atoms with Gasteiger partial charge in [0.25, 0.3) is 0 Å². The van der Waals surface area contributed by atoms with Gasteiger partial charge in [-0.05, 0) is 79.0 Å². The number of anilines is 1. The fourth-order valence-electron chi connectivity index (χ4n) is 4.61. The lowest BCUT2D eigenvalue weighted by atomic mass is 10.1. The number of likely N-dealkylation sites (tertiary alicyclic amines) is 1. The van der Waals surface area contributed by atoms with Crippen LogP contribution in [0.5, 0.6) is 0 Å². The zero-order valence-electron chi connectivity index (χ0n) is 18.1. The summed E-state index contributed by atoms with van der Waals surface area (Å²) in [6.45, 7) is 4.58. The summed E-state index contributed by atoms with van der Waals surface area (Å²) in [6, 6.07) is 16.3. The van der Waals surface area contributed by atoms with Crippen LogP contribution in [0.1, 0.15) is 35.2 Å². The number of carbonyl (C=O) groups is 1. The topological polar surface area (TPSA) is 62.5 Å². The number of halogens is 1. The number of pyridine rings is 1. The minimum Gasteiger partial charge on any atom is -0.397 e. The summed E-state index contributed by atoms with van der Waals surface area (Å²) >= 11 is 0. The van der Waals surface area contributed by atoms with Crippen molar-refractivity contribution < 1.29 is 9.18 Å². The van der Waals surface area contributed by atoms with Gasteiger partial charge in [0.05, 0.1) is 23.5 Å². The number of nitrogen functional groups attached to an aromatic ring is 1. The van der Waals surface area contributed by atoms with E-state index in [0.29, 0.717) is 30.2 Å².